The van der Waals surface area contributed by atoms with E-state index < -0.39 is 5.41 Å². The molecular weight excluding hydrogens is 483 g/mol. The van der Waals surface area contributed by atoms with Crippen LogP contribution in [0.5, 0.6) is 0 Å². The van der Waals surface area contributed by atoms with Crippen LogP contribution in [0.2, 0.25) is 0 Å². The van der Waals surface area contributed by atoms with E-state index in [9.17, 15) is 14.0 Å². The van der Waals surface area contributed by atoms with Crippen LogP contribution in [-0.2, 0) is 15.0 Å². The average Bonchev–Trinajstić information content (AvgIpc) is 3.31. The number of nitrogens with zero attached hydrogens (tertiary/aromatic N) is 1. The molecule has 174 valence electrons. The van der Waals surface area contributed by atoms with E-state index in [2.05, 4.69) is 33.4 Å². The molecule has 2 aromatic carbocycles. The number of carbonyl (C=O) groups excluding carboxylic acids is 2. The summed E-state index contributed by atoms with van der Waals surface area (Å²) in [5.74, 6) is 0.210. The molecule has 1 N–H and O–H groups in total. The lowest BCUT2D eigenvalue weighted by Gasteiger charge is -2.50. The Morgan fingerprint density at radius 1 is 1.03 bits per heavy atom. The summed E-state index contributed by atoms with van der Waals surface area (Å²) in [6, 6.07) is 14.9. The number of benzene rings is 2. The molecule has 0 aromatic heterocycles. The van der Waals surface area contributed by atoms with Gasteiger partial charge in [0, 0.05) is 36.4 Å². The maximum Gasteiger partial charge on any atom is 0.233 e. The Bertz CT molecular complexity index is 1040. The van der Waals surface area contributed by atoms with Gasteiger partial charge in [0.2, 0.25) is 11.8 Å². The van der Waals surface area contributed by atoms with Gasteiger partial charge in [0.1, 0.15) is 5.82 Å². The zero-order chi connectivity index (χ0) is 23.1. The highest BCUT2D eigenvalue weighted by molar-refractivity contribution is 9.10. The highest BCUT2D eigenvalue weighted by Gasteiger charge is 2.50. The molecule has 33 heavy (non-hydrogen) atoms. The molecule has 3 fully saturated rings. The number of rotatable bonds is 3. The highest BCUT2D eigenvalue weighted by atomic mass is 79.9. The van der Waals surface area contributed by atoms with Crippen molar-refractivity contribution in [1.29, 1.82) is 0 Å². The maximum absolute atomic E-state index is 13.9. The van der Waals surface area contributed by atoms with Crippen LogP contribution in [0.25, 0.3) is 0 Å². The van der Waals surface area contributed by atoms with Crippen molar-refractivity contribution in [3.63, 3.8) is 0 Å². The summed E-state index contributed by atoms with van der Waals surface area (Å²) < 4.78 is 14.5. The molecule has 6 heteroatoms. The van der Waals surface area contributed by atoms with Gasteiger partial charge in [0.25, 0.3) is 0 Å². The molecule has 1 unspecified atom stereocenters. The van der Waals surface area contributed by atoms with E-state index in [4.69, 9.17) is 0 Å². The molecule has 2 aliphatic heterocycles. The van der Waals surface area contributed by atoms with Crippen LogP contribution in [-0.4, -0.2) is 36.3 Å². The van der Waals surface area contributed by atoms with Crippen molar-refractivity contribution in [3.05, 3.63) is 69.9 Å². The first kappa shape index (κ1) is 22.6. The molecule has 1 spiro atoms. The van der Waals surface area contributed by atoms with Crippen molar-refractivity contribution in [2.75, 3.05) is 19.6 Å². The quantitative estimate of drug-likeness (QED) is 0.605. The van der Waals surface area contributed by atoms with Crippen LogP contribution in [0.1, 0.15) is 62.0 Å². The second-order valence-corrected chi connectivity index (χ2v) is 11.0. The minimum absolute atomic E-state index is 0.0783. The first-order valence-electron chi connectivity index (χ1n) is 12.0. The summed E-state index contributed by atoms with van der Waals surface area (Å²) in [6.45, 7) is 1.90. The second kappa shape index (κ2) is 8.86. The maximum atomic E-state index is 13.9. The number of piperidine rings is 2. The minimum Gasteiger partial charge on any atom is -0.355 e. The number of likely N-dealkylation sites (tertiary alicyclic amines) is 1. The van der Waals surface area contributed by atoms with Gasteiger partial charge < -0.3 is 10.2 Å². The SMILES string of the molecule is O=C1CC2(CCN(C(=O)C3(c4cccc(Br)c4)CCCC3)CC2)C(c2ccc(F)cc2)CN1. The fourth-order valence-electron chi connectivity index (χ4n) is 6.48. The first-order valence-corrected chi connectivity index (χ1v) is 12.8. The van der Waals surface area contributed by atoms with Gasteiger partial charge in [-0.3, -0.25) is 9.59 Å². The highest BCUT2D eigenvalue weighted by Crippen LogP contribution is 2.50. The van der Waals surface area contributed by atoms with Crippen molar-refractivity contribution in [3.8, 4) is 0 Å². The number of carbonyl (C=O) groups is 2. The lowest BCUT2D eigenvalue weighted by atomic mass is 9.62. The number of halogens is 2. The predicted octanol–water partition coefficient (Wildman–Crippen LogP) is 5.31. The molecule has 1 saturated carbocycles. The van der Waals surface area contributed by atoms with Crippen molar-refractivity contribution in [2.45, 2.75) is 56.3 Å². The lowest BCUT2D eigenvalue weighted by Crippen LogP contribution is -2.55. The second-order valence-electron chi connectivity index (χ2n) is 10.0. The molecule has 1 aliphatic carbocycles. The van der Waals surface area contributed by atoms with Gasteiger partial charge in [0.15, 0.2) is 0 Å². The van der Waals surface area contributed by atoms with Gasteiger partial charge in [-0.05, 0) is 66.5 Å². The number of hydrogen-bond donors (Lipinski definition) is 1. The molecule has 2 aromatic rings. The fraction of sp³-hybridized carbons (Fsp3) is 0.481. The molecule has 3 aliphatic rings. The first-order chi connectivity index (χ1) is 15.9. The Morgan fingerprint density at radius 2 is 1.73 bits per heavy atom. The number of nitrogens with one attached hydrogen (secondary N) is 1. The van der Waals surface area contributed by atoms with Crippen LogP contribution in [0.4, 0.5) is 4.39 Å². The Kier molecular flexibility index (Phi) is 6.06. The van der Waals surface area contributed by atoms with Gasteiger partial charge in [-0.2, -0.15) is 0 Å². The monoisotopic (exact) mass is 512 g/mol. The van der Waals surface area contributed by atoms with Crippen LogP contribution in [0, 0.1) is 11.2 Å². The van der Waals surface area contributed by atoms with Gasteiger partial charge in [-0.15, -0.1) is 0 Å². The Balaban J connectivity index is 1.38. The molecule has 1 atom stereocenters. The topological polar surface area (TPSA) is 49.4 Å². The molecule has 2 amide bonds. The number of hydrogen-bond acceptors (Lipinski definition) is 2. The summed E-state index contributed by atoms with van der Waals surface area (Å²) in [4.78, 5) is 28.4. The van der Waals surface area contributed by atoms with E-state index >= 15 is 0 Å². The Hall–Kier alpha value is -2.21. The van der Waals surface area contributed by atoms with E-state index in [1.807, 2.05) is 29.2 Å². The molecule has 2 heterocycles. The third kappa shape index (κ3) is 4.11. The molecular formula is C27H30BrFN2O2. The number of amides is 2. The van der Waals surface area contributed by atoms with Gasteiger partial charge in [-0.1, -0.05) is 53.0 Å². The summed E-state index contributed by atoms with van der Waals surface area (Å²) >= 11 is 3.58. The minimum atomic E-state index is -0.436. The van der Waals surface area contributed by atoms with E-state index in [1.54, 1.807) is 0 Å². The fourth-order valence-corrected chi connectivity index (χ4v) is 6.88. The summed E-state index contributed by atoms with van der Waals surface area (Å²) in [5, 5.41) is 3.01. The lowest BCUT2D eigenvalue weighted by molar-refractivity contribution is -0.141. The Morgan fingerprint density at radius 3 is 2.39 bits per heavy atom. The van der Waals surface area contributed by atoms with Crippen LogP contribution in [0.3, 0.4) is 0 Å². The van der Waals surface area contributed by atoms with E-state index in [0.717, 1.165) is 54.1 Å². The van der Waals surface area contributed by atoms with Crippen molar-refractivity contribution < 1.29 is 14.0 Å². The van der Waals surface area contributed by atoms with Crippen molar-refractivity contribution >= 4 is 27.7 Å². The smallest absolute Gasteiger partial charge is 0.233 e. The van der Waals surface area contributed by atoms with Crippen LogP contribution in [0.15, 0.2) is 53.0 Å². The van der Waals surface area contributed by atoms with Crippen LogP contribution < -0.4 is 5.32 Å². The molecule has 0 bridgehead atoms. The van der Waals surface area contributed by atoms with E-state index in [0.29, 0.717) is 26.1 Å². The average molecular weight is 513 g/mol. The van der Waals surface area contributed by atoms with Gasteiger partial charge in [-0.25, -0.2) is 4.39 Å². The van der Waals surface area contributed by atoms with Crippen molar-refractivity contribution in [2.24, 2.45) is 5.41 Å². The third-order valence-electron chi connectivity index (χ3n) is 8.32. The van der Waals surface area contributed by atoms with E-state index in [-0.39, 0.29) is 29.0 Å². The molecule has 4 nitrogen and oxygen atoms in total. The summed E-state index contributed by atoms with van der Waals surface area (Å²) in [5.41, 5.74) is 1.56. The van der Waals surface area contributed by atoms with Crippen LogP contribution >= 0.6 is 15.9 Å². The standard InChI is InChI=1S/C27H30BrFN2O2/c28-21-5-3-4-20(16-21)27(10-1-2-11-27)25(33)31-14-12-26(13-15-31)17-24(32)30-18-23(26)19-6-8-22(29)9-7-19/h3-9,16,23H,1-2,10-15,17-18H2,(H,30,32). The summed E-state index contributed by atoms with van der Waals surface area (Å²) in [7, 11) is 0. The Labute approximate surface area is 203 Å². The predicted molar refractivity (Wildman–Crippen MR) is 129 cm³/mol. The zero-order valence-electron chi connectivity index (χ0n) is 18.8. The largest absolute Gasteiger partial charge is 0.355 e. The normalized spacial score (nSPS) is 24.0. The molecule has 2 saturated heterocycles. The molecule has 5 rings (SSSR count). The van der Waals surface area contributed by atoms with Crippen molar-refractivity contribution in [1.82, 2.24) is 10.2 Å². The van der Waals surface area contributed by atoms with Gasteiger partial charge >= 0.3 is 0 Å². The zero-order valence-corrected chi connectivity index (χ0v) is 20.4. The van der Waals surface area contributed by atoms with Gasteiger partial charge in [0.05, 0.1) is 5.41 Å². The molecule has 0 radical (unpaired) electrons. The summed E-state index contributed by atoms with van der Waals surface area (Å²) in [6.07, 6.45) is 5.99. The van der Waals surface area contributed by atoms with E-state index in [1.165, 1.54) is 12.1 Å². The third-order valence-corrected chi connectivity index (χ3v) is 8.81.